The number of anilines is 1. The molecule has 4 rings (SSSR count). The van der Waals surface area contributed by atoms with E-state index in [2.05, 4.69) is 39.5 Å². The van der Waals surface area contributed by atoms with Crippen molar-refractivity contribution in [2.45, 2.75) is 51.5 Å². The summed E-state index contributed by atoms with van der Waals surface area (Å²) >= 11 is 0. The zero-order valence-corrected chi connectivity index (χ0v) is 21.7. The van der Waals surface area contributed by atoms with E-state index in [1.54, 1.807) is 7.11 Å². The number of benzene rings is 1. The second-order valence-electron chi connectivity index (χ2n) is 10.2. The number of hydrogen-bond donors (Lipinski definition) is 2. The lowest BCUT2D eigenvalue weighted by Crippen LogP contribution is -2.62. The monoisotopic (exact) mass is 499 g/mol. The summed E-state index contributed by atoms with van der Waals surface area (Å²) in [6.45, 7) is 7.84. The zero-order valence-electron chi connectivity index (χ0n) is 21.7. The van der Waals surface area contributed by atoms with Gasteiger partial charge in [-0.1, -0.05) is 19.8 Å². The molecule has 1 aliphatic carbocycles. The van der Waals surface area contributed by atoms with Gasteiger partial charge in [0.05, 0.1) is 13.0 Å². The van der Waals surface area contributed by atoms with Crippen LogP contribution in [0.4, 0.5) is 10.5 Å². The molecule has 3 unspecified atom stereocenters. The summed E-state index contributed by atoms with van der Waals surface area (Å²) in [6, 6.07) is 7.63. The van der Waals surface area contributed by atoms with Gasteiger partial charge in [0.25, 0.3) is 0 Å². The SMILES string of the molecule is CCCCCN1C(=O)NC2CC(C(=O)NCCN3CCN(c4ccc(OC)cc4)CC3)CCC2C1=O. The zero-order chi connectivity index (χ0) is 25.5. The molecule has 1 aromatic rings. The van der Waals surface area contributed by atoms with Gasteiger partial charge in [-0.3, -0.25) is 19.4 Å². The first-order valence-corrected chi connectivity index (χ1v) is 13.5. The van der Waals surface area contributed by atoms with Crippen LogP contribution < -0.4 is 20.3 Å². The van der Waals surface area contributed by atoms with Gasteiger partial charge in [-0.15, -0.1) is 0 Å². The number of imide groups is 1. The average molecular weight is 500 g/mol. The smallest absolute Gasteiger partial charge is 0.324 e. The summed E-state index contributed by atoms with van der Waals surface area (Å²) in [5, 5.41) is 6.11. The van der Waals surface area contributed by atoms with Gasteiger partial charge >= 0.3 is 6.03 Å². The Morgan fingerprint density at radius 2 is 1.81 bits per heavy atom. The lowest BCUT2D eigenvalue weighted by molar-refractivity contribution is -0.139. The molecule has 198 valence electrons. The van der Waals surface area contributed by atoms with Crippen molar-refractivity contribution in [3.05, 3.63) is 24.3 Å². The Morgan fingerprint density at radius 3 is 2.50 bits per heavy atom. The number of amides is 4. The van der Waals surface area contributed by atoms with Crippen LogP contribution in [0.15, 0.2) is 24.3 Å². The number of fused-ring (bicyclic) bond motifs is 1. The van der Waals surface area contributed by atoms with Gasteiger partial charge in [-0.05, 0) is 49.9 Å². The first kappa shape index (κ1) is 26.3. The minimum Gasteiger partial charge on any atom is -0.497 e. The second-order valence-corrected chi connectivity index (χ2v) is 10.2. The number of carbonyl (C=O) groups is 3. The van der Waals surface area contributed by atoms with Crippen molar-refractivity contribution >= 4 is 23.5 Å². The Hall–Kier alpha value is -2.81. The van der Waals surface area contributed by atoms with E-state index in [0.717, 1.165) is 57.7 Å². The molecule has 3 atom stereocenters. The van der Waals surface area contributed by atoms with Crippen molar-refractivity contribution in [2.75, 3.05) is 57.8 Å². The van der Waals surface area contributed by atoms with Crippen LogP contribution in [0, 0.1) is 11.8 Å². The van der Waals surface area contributed by atoms with Crippen LogP contribution >= 0.6 is 0 Å². The van der Waals surface area contributed by atoms with Crippen LogP contribution in [0.5, 0.6) is 5.75 Å². The van der Waals surface area contributed by atoms with Gasteiger partial charge in [-0.25, -0.2) is 4.79 Å². The summed E-state index contributed by atoms with van der Waals surface area (Å²) in [5.41, 5.74) is 1.21. The number of nitrogens with one attached hydrogen (secondary N) is 2. The number of urea groups is 1. The molecule has 0 bridgehead atoms. The van der Waals surface area contributed by atoms with Gasteiger partial charge in [0, 0.05) is 63.5 Å². The number of methoxy groups -OCH3 is 1. The number of nitrogens with zero attached hydrogens (tertiary/aromatic N) is 3. The summed E-state index contributed by atoms with van der Waals surface area (Å²) in [4.78, 5) is 44.4. The Labute approximate surface area is 214 Å². The van der Waals surface area contributed by atoms with Gasteiger partial charge in [0.15, 0.2) is 0 Å². The highest BCUT2D eigenvalue weighted by atomic mass is 16.5. The molecule has 1 saturated carbocycles. The van der Waals surface area contributed by atoms with Crippen molar-refractivity contribution in [2.24, 2.45) is 11.8 Å². The molecule has 2 aliphatic heterocycles. The molecule has 2 heterocycles. The van der Waals surface area contributed by atoms with Crippen molar-refractivity contribution in [1.82, 2.24) is 20.4 Å². The number of hydrogen-bond acceptors (Lipinski definition) is 6. The van der Waals surface area contributed by atoms with E-state index in [-0.39, 0.29) is 35.7 Å². The van der Waals surface area contributed by atoms with E-state index in [4.69, 9.17) is 4.74 Å². The van der Waals surface area contributed by atoms with Crippen LogP contribution in [0.25, 0.3) is 0 Å². The van der Waals surface area contributed by atoms with Crippen molar-refractivity contribution < 1.29 is 19.1 Å². The Morgan fingerprint density at radius 1 is 1.06 bits per heavy atom. The molecule has 2 N–H and O–H groups in total. The molecule has 3 fully saturated rings. The number of ether oxygens (including phenoxy) is 1. The van der Waals surface area contributed by atoms with Crippen molar-refractivity contribution in [3.63, 3.8) is 0 Å². The van der Waals surface area contributed by atoms with E-state index in [0.29, 0.717) is 32.4 Å². The molecule has 4 amide bonds. The first-order chi connectivity index (χ1) is 17.5. The maximum Gasteiger partial charge on any atom is 0.324 e. The lowest BCUT2D eigenvalue weighted by atomic mass is 9.76. The highest BCUT2D eigenvalue weighted by Crippen LogP contribution is 2.33. The third kappa shape index (κ3) is 6.30. The van der Waals surface area contributed by atoms with E-state index in [1.165, 1.54) is 10.6 Å². The third-order valence-corrected chi connectivity index (χ3v) is 7.88. The minimum atomic E-state index is -0.299. The Kier molecular flexibility index (Phi) is 9.07. The second kappa shape index (κ2) is 12.4. The average Bonchev–Trinajstić information content (AvgIpc) is 2.90. The van der Waals surface area contributed by atoms with Crippen molar-refractivity contribution in [1.29, 1.82) is 0 Å². The summed E-state index contributed by atoms with van der Waals surface area (Å²) in [7, 11) is 1.68. The number of unbranched alkanes of at least 4 members (excludes halogenated alkanes) is 2. The Bertz CT molecular complexity index is 900. The summed E-state index contributed by atoms with van der Waals surface area (Å²) in [5.74, 6) is 0.488. The molecule has 0 radical (unpaired) electrons. The largest absolute Gasteiger partial charge is 0.497 e. The molecule has 1 aromatic carbocycles. The maximum atomic E-state index is 12.9. The molecule has 0 spiro atoms. The quantitative estimate of drug-likeness (QED) is 0.481. The molecule has 3 aliphatic rings. The number of piperazine rings is 1. The van der Waals surface area contributed by atoms with E-state index >= 15 is 0 Å². The number of rotatable bonds is 10. The van der Waals surface area contributed by atoms with Crippen LogP contribution in [0.3, 0.4) is 0 Å². The molecule has 36 heavy (non-hydrogen) atoms. The molecule has 9 nitrogen and oxygen atoms in total. The molecular weight excluding hydrogens is 458 g/mol. The molecular formula is C27H41N5O4. The molecule has 2 saturated heterocycles. The topological polar surface area (TPSA) is 94.2 Å². The Balaban J connectivity index is 1.16. The van der Waals surface area contributed by atoms with Crippen molar-refractivity contribution in [3.8, 4) is 5.75 Å². The fraction of sp³-hybridized carbons (Fsp3) is 0.667. The van der Waals surface area contributed by atoms with Gasteiger partial charge < -0.3 is 20.3 Å². The fourth-order valence-corrected chi connectivity index (χ4v) is 5.64. The maximum absolute atomic E-state index is 12.9. The fourth-order valence-electron chi connectivity index (χ4n) is 5.64. The highest BCUT2D eigenvalue weighted by Gasteiger charge is 2.45. The summed E-state index contributed by atoms with van der Waals surface area (Å²) in [6.07, 6.45) is 4.78. The lowest BCUT2D eigenvalue weighted by Gasteiger charge is -2.42. The predicted octanol–water partition coefficient (Wildman–Crippen LogP) is 2.46. The van der Waals surface area contributed by atoms with Gasteiger partial charge in [0.1, 0.15) is 5.75 Å². The van der Waals surface area contributed by atoms with Gasteiger partial charge in [0.2, 0.25) is 11.8 Å². The minimum absolute atomic E-state index is 0.0393. The first-order valence-electron chi connectivity index (χ1n) is 13.5. The highest BCUT2D eigenvalue weighted by molar-refractivity contribution is 5.99. The third-order valence-electron chi connectivity index (χ3n) is 7.88. The van der Waals surface area contributed by atoms with E-state index in [9.17, 15) is 14.4 Å². The number of carbonyl (C=O) groups excluding carboxylic acids is 3. The van der Waals surface area contributed by atoms with Crippen LogP contribution in [0.1, 0.15) is 45.4 Å². The van der Waals surface area contributed by atoms with Crippen LogP contribution in [-0.4, -0.2) is 86.6 Å². The van der Waals surface area contributed by atoms with E-state index in [1.807, 2.05) is 12.1 Å². The van der Waals surface area contributed by atoms with Crippen LogP contribution in [0.2, 0.25) is 0 Å². The molecule has 9 heteroatoms. The summed E-state index contributed by atoms with van der Waals surface area (Å²) < 4.78 is 5.24. The van der Waals surface area contributed by atoms with Gasteiger partial charge in [-0.2, -0.15) is 0 Å². The van der Waals surface area contributed by atoms with Crippen LogP contribution in [-0.2, 0) is 9.59 Å². The standard InChI is InChI=1S/C27H41N5O4/c1-3-4-5-13-32-26(34)23-11-6-20(19-24(23)29-27(32)35)25(33)28-12-14-30-15-17-31(18-16-30)21-7-9-22(36-2)10-8-21/h7-10,20,23-24H,3-6,11-19H2,1-2H3,(H,28,33)(H,29,35). The van der Waals surface area contributed by atoms with E-state index < -0.39 is 0 Å². The normalized spacial score (nSPS) is 24.8. The predicted molar refractivity (Wildman–Crippen MR) is 139 cm³/mol. The molecule has 0 aromatic heterocycles.